The van der Waals surface area contributed by atoms with E-state index in [1.165, 1.54) is 6.21 Å². The maximum absolute atomic E-state index is 12.7. The number of benzene rings is 2. The van der Waals surface area contributed by atoms with E-state index in [1.54, 1.807) is 42.7 Å². The summed E-state index contributed by atoms with van der Waals surface area (Å²) in [7, 11) is 0. The van der Waals surface area contributed by atoms with Gasteiger partial charge in [-0.3, -0.25) is 4.79 Å². The summed E-state index contributed by atoms with van der Waals surface area (Å²) in [6, 6.07) is 13.3. The molecule has 8 nitrogen and oxygen atoms in total. The zero-order chi connectivity index (χ0) is 20.7. The number of carbonyl (C=O) groups is 1. The van der Waals surface area contributed by atoms with Crippen molar-refractivity contribution in [3.05, 3.63) is 80.6 Å². The summed E-state index contributed by atoms with van der Waals surface area (Å²) >= 11 is 0. The molecule has 0 radical (unpaired) electrons. The van der Waals surface area contributed by atoms with Crippen LogP contribution in [-0.2, 0) is 4.79 Å². The molecule has 0 aliphatic rings. The van der Waals surface area contributed by atoms with Crippen molar-refractivity contribution in [1.82, 2.24) is 14.2 Å². The van der Waals surface area contributed by atoms with Crippen LogP contribution in [0.15, 0.2) is 63.2 Å². The smallest absolute Gasteiger partial charge is 0.349 e. The van der Waals surface area contributed by atoms with E-state index in [-0.39, 0.29) is 0 Å². The third-order valence-corrected chi connectivity index (χ3v) is 5.04. The molecule has 2 aromatic carbocycles. The normalized spacial score (nSPS) is 12.8. The van der Waals surface area contributed by atoms with Crippen LogP contribution in [0.2, 0.25) is 0 Å². The summed E-state index contributed by atoms with van der Waals surface area (Å²) in [6.07, 6.45) is 1.42. The van der Waals surface area contributed by atoms with Gasteiger partial charge in [-0.05, 0) is 32.0 Å². The van der Waals surface area contributed by atoms with Crippen molar-refractivity contribution in [3.8, 4) is 0 Å². The molecule has 1 unspecified atom stereocenters. The Bertz CT molecular complexity index is 1410. The van der Waals surface area contributed by atoms with Crippen LogP contribution in [0, 0.1) is 6.92 Å². The van der Waals surface area contributed by atoms with Gasteiger partial charge in [0.1, 0.15) is 6.04 Å². The van der Waals surface area contributed by atoms with Crippen LogP contribution < -0.4 is 11.2 Å². The van der Waals surface area contributed by atoms with Gasteiger partial charge in [0.15, 0.2) is 0 Å². The van der Waals surface area contributed by atoms with E-state index >= 15 is 0 Å². The van der Waals surface area contributed by atoms with Crippen LogP contribution in [0.3, 0.4) is 0 Å². The molecule has 0 amide bonds. The van der Waals surface area contributed by atoms with Crippen molar-refractivity contribution in [1.29, 1.82) is 0 Å². The Hall–Kier alpha value is -3.94. The molecular weight excluding hydrogens is 372 g/mol. The number of aromatic nitrogens is 3. The van der Waals surface area contributed by atoms with Gasteiger partial charge in [0, 0.05) is 22.2 Å². The quantitative estimate of drug-likeness (QED) is 0.522. The fourth-order valence-electron chi connectivity index (χ4n) is 3.56. The minimum Gasteiger partial charge on any atom is -0.480 e. The minimum atomic E-state index is -0.959. The Morgan fingerprint density at radius 3 is 2.48 bits per heavy atom. The Balaban J connectivity index is 1.92. The number of aliphatic carboxylic acids is 1. The average Bonchev–Trinajstić information content (AvgIpc) is 2.98. The maximum atomic E-state index is 12.7. The molecule has 0 aliphatic heterocycles. The first-order chi connectivity index (χ1) is 13.9. The zero-order valence-electron chi connectivity index (χ0n) is 15.8. The molecule has 0 aliphatic carbocycles. The van der Waals surface area contributed by atoms with Crippen molar-refractivity contribution in [3.63, 3.8) is 0 Å². The Morgan fingerprint density at radius 1 is 1.10 bits per heavy atom. The Labute approximate surface area is 164 Å². The number of H-pyrrole nitrogens is 1. The largest absolute Gasteiger partial charge is 0.480 e. The van der Waals surface area contributed by atoms with E-state index in [0.717, 1.165) is 15.6 Å². The second-order valence-corrected chi connectivity index (χ2v) is 6.74. The molecule has 8 heteroatoms. The number of carboxylic acids is 1. The molecule has 0 bridgehead atoms. The fourth-order valence-corrected chi connectivity index (χ4v) is 3.56. The van der Waals surface area contributed by atoms with Gasteiger partial charge in [0.25, 0.3) is 5.56 Å². The van der Waals surface area contributed by atoms with Gasteiger partial charge in [-0.1, -0.05) is 30.3 Å². The topological polar surface area (TPSA) is 109 Å². The number of hydrogen-bond acceptors (Lipinski definition) is 4. The number of hydrogen-bond donors (Lipinski definition) is 2. The van der Waals surface area contributed by atoms with Crippen LogP contribution in [0.5, 0.6) is 0 Å². The SMILES string of the molecule is Cc1c(C=Nn2c(=O)[nH]c3ccccc3c2=O)c2ccccc2n1C(C)C(=O)O. The van der Waals surface area contributed by atoms with Gasteiger partial charge < -0.3 is 14.7 Å². The standard InChI is InChI=1S/C21H18N4O4/c1-12-16(14-7-4-6-10-18(14)24(12)13(2)20(27)28)11-22-25-19(26)15-8-3-5-9-17(15)23-21(25)29/h3-11,13H,1-2H3,(H,23,29)(H,27,28). The lowest BCUT2D eigenvalue weighted by Gasteiger charge is -2.13. The number of aromatic amines is 1. The van der Waals surface area contributed by atoms with Crippen LogP contribution in [0.1, 0.15) is 24.2 Å². The number of rotatable bonds is 4. The number of fused-ring (bicyclic) bond motifs is 2. The van der Waals surface area contributed by atoms with E-state index in [4.69, 9.17) is 0 Å². The zero-order valence-corrected chi connectivity index (χ0v) is 15.8. The molecular formula is C21H18N4O4. The van der Waals surface area contributed by atoms with Crippen molar-refractivity contribution >= 4 is 34.0 Å². The lowest BCUT2D eigenvalue weighted by atomic mass is 10.1. The second kappa shape index (κ2) is 6.90. The summed E-state index contributed by atoms with van der Waals surface area (Å²) in [5.41, 5.74) is 1.33. The van der Waals surface area contributed by atoms with Crippen LogP contribution in [0.4, 0.5) is 0 Å². The third kappa shape index (κ3) is 2.94. The molecule has 4 rings (SSSR count). The first-order valence-corrected chi connectivity index (χ1v) is 9.01. The van der Waals surface area contributed by atoms with E-state index in [2.05, 4.69) is 10.1 Å². The molecule has 2 aromatic heterocycles. The van der Waals surface area contributed by atoms with E-state index in [9.17, 15) is 19.5 Å². The maximum Gasteiger partial charge on any atom is 0.349 e. The molecule has 146 valence electrons. The Kier molecular flexibility index (Phi) is 4.38. The van der Waals surface area contributed by atoms with Crippen LogP contribution in [-0.4, -0.2) is 31.5 Å². The van der Waals surface area contributed by atoms with Crippen molar-refractivity contribution in [2.45, 2.75) is 19.9 Å². The molecule has 4 aromatic rings. The molecule has 2 heterocycles. The highest BCUT2D eigenvalue weighted by Crippen LogP contribution is 2.28. The summed E-state index contributed by atoms with van der Waals surface area (Å²) in [5, 5.41) is 14.7. The average molecular weight is 390 g/mol. The predicted octanol–water partition coefficient (Wildman–Crippen LogP) is 2.48. The van der Waals surface area contributed by atoms with Crippen molar-refractivity contribution < 1.29 is 9.90 Å². The van der Waals surface area contributed by atoms with Gasteiger partial charge in [-0.2, -0.15) is 5.10 Å². The summed E-state index contributed by atoms with van der Waals surface area (Å²) < 4.78 is 2.47. The van der Waals surface area contributed by atoms with Gasteiger partial charge in [-0.15, -0.1) is 4.68 Å². The molecule has 2 N–H and O–H groups in total. The fraction of sp³-hybridized carbons (Fsp3) is 0.143. The first kappa shape index (κ1) is 18.4. The summed E-state index contributed by atoms with van der Waals surface area (Å²) in [5.74, 6) is -0.959. The number of para-hydroxylation sites is 2. The second-order valence-electron chi connectivity index (χ2n) is 6.74. The lowest BCUT2D eigenvalue weighted by Crippen LogP contribution is -2.32. The van der Waals surface area contributed by atoms with E-state index in [0.29, 0.717) is 22.2 Å². The molecule has 0 saturated heterocycles. The van der Waals surface area contributed by atoms with Crippen LogP contribution in [0.25, 0.3) is 21.8 Å². The number of nitrogens with one attached hydrogen (secondary N) is 1. The van der Waals surface area contributed by atoms with E-state index < -0.39 is 23.3 Å². The lowest BCUT2D eigenvalue weighted by molar-refractivity contribution is -0.140. The molecule has 29 heavy (non-hydrogen) atoms. The summed E-state index contributed by atoms with van der Waals surface area (Å²) in [4.78, 5) is 39.2. The van der Waals surface area contributed by atoms with Crippen molar-refractivity contribution in [2.75, 3.05) is 0 Å². The Morgan fingerprint density at radius 2 is 1.76 bits per heavy atom. The summed E-state index contributed by atoms with van der Waals surface area (Å²) in [6.45, 7) is 3.38. The van der Waals surface area contributed by atoms with E-state index in [1.807, 2.05) is 24.3 Å². The van der Waals surface area contributed by atoms with Gasteiger partial charge in [-0.25, -0.2) is 9.59 Å². The highest BCUT2D eigenvalue weighted by molar-refractivity contribution is 6.01. The first-order valence-electron chi connectivity index (χ1n) is 9.01. The molecule has 1 atom stereocenters. The predicted molar refractivity (Wildman–Crippen MR) is 111 cm³/mol. The molecule has 0 saturated carbocycles. The molecule has 0 spiro atoms. The van der Waals surface area contributed by atoms with Crippen molar-refractivity contribution in [2.24, 2.45) is 5.10 Å². The highest BCUT2D eigenvalue weighted by Gasteiger charge is 2.21. The highest BCUT2D eigenvalue weighted by atomic mass is 16.4. The van der Waals surface area contributed by atoms with Crippen LogP contribution >= 0.6 is 0 Å². The molecule has 0 fully saturated rings. The minimum absolute atomic E-state index is 0.350. The van der Waals surface area contributed by atoms with Gasteiger partial charge >= 0.3 is 11.7 Å². The third-order valence-electron chi connectivity index (χ3n) is 5.04. The number of carboxylic acid groups (broad SMARTS) is 1. The monoisotopic (exact) mass is 390 g/mol. The van der Waals surface area contributed by atoms with Gasteiger partial charge in [0.05, 0.1) is 17.1 Å². The number of nitrogens with zero attached hydrogens (tertiary/aromatic N) is 3. The van der Waals surface area contributed by atoms with Gasteiger partial charge in [0.2, 0.25) is 0 Å².